The lowest BCUT2D eigenvalue weighted by atomic mass is 9.65. The standard InChI is InChI=1S/C68H42N2/c1-2-19-43(20-3-1)46-21-8-15-34-63(46)69(45-37-39-51-49-24-6-12-30-57(49)67(62(51)42-45)55-28-10-4-22-47(55)48-23-5-11-29-56(48)67)44-38-40-59-54(41-44)50-25-7-13-31-58(50)68(59)60-32-14-17-36-65(60)70-64-35-16-9-26-52(64)53-27-18-33-61(68)66(53)70/h1-42H. The van der Waals surface area contributed by atoms with Gasteiger partial charge < -0.3 is 9.47 Å². The van der Waals surface area contributed by atoms with E-state index in [1.807, 2.05) is 0 Å². The number of anilines is 3. The predicted molar refractivity (Wildman–Crippen MR) is 288 cm³/mol. The average molecular weight is 887 g/mol. The van der Waals surface area contributed by atoms with Crippen LogP contribution in [0.2, 0.25) is 0 Å². The number of fused-ring (bicyclic) bond motifs is 22. The van der Waals surface area contributed by atoms with Crippen LogP contribution in [0.15, 0.2) is 255 Å². The van der Waals surface area contributed by atoms with Crippen LogP contribution in [-0.4, -0.2) is 4.57 Å². The fourth-order valence-electron chi connectivity index (χ4n) is 13.9. The topological polar surface area (TPSA) is 8.17 Å². The highest BCUT2D eigenvalue weighted by Gasteiger charge is 2.53. The lowest BCUT2D eigenvalue weighted by molar-refractivity contribution is 0.748. The van der Waals surface area contributed by atoms with Gasteiger partial charge in [0.05, 0.1) is 33.2 Å². The van der Waals surface area contributed by atoms with Gasteiger partial charge in [0.2, 0.25) is 0 Å². The molecule has 2 heterocycles. The van der Waals surface area contributed by atoms with Crippen LogP contribution >= 0.6 is 0 Å². The van der Waals surface area contributed by atoms with E-state index in [4.69, 9.17) is 0 Å². The predicted octanol–water partition coefficient (Wildman–Crippen LogP) is 16.9. The SMILES string of the molecule is c1ccc(-c2ccccc2N(c2ccc3c(c2)-c2ccccc2C32c3ccccc3-n3c4ccccc4c4cccc2c43)c2ccc3c(c2)C2(c4ccccc4-c4ccccc42)c2ccccc2-3)cc1. The number of hydrogen-bond acceptors (Lipinski definition) is 1. The molecule has 1 unspecified atom stereocenters. The van der Waals surface area contributed by atoms with Crippen LogP contribution in [0.3, 0.4) is 0 Å². The largest absolute Gasteiger partial charge is 0.310 e. The lowest BCUT2D eigenvalue weighted by Crippen LogP contribution is -2.33. The molecule has 0 N–H and O–H groups in total. The number of para-hydroxylation sites is 4. The molecule has 0 radical (unpaired) electrons. The minimum atomic E-state index is -0.535. The highest BCUT2D eigenvalue weighted by molar-refractivity contribution is 6.13. The van der Waals surface area contributed by atoms with E-state index in [2.05, 4.69) is 264 Å². The third-order valence-electron chi connectivity index (χ3n) is 16.4. The summed E-state index contributed by atoms with van der Waals surface area (Å²) in [6, 6.07) is 96.0. The van der Waals surface area contributed by atoms with Crippen LogP contribution in [0.4, 0.5) is 17.1 Å². The van der Waals surface area contributed by atoms with E-state index in [1.165, 1.54) is 117 Å². The molecule has 0 saturated heterocycles. The first kappa shape index (κ1) is 38.0. The molecular formula is C68H42N2. The zero-order valence-electron chi connectivity index (χ0n) is 38.1. The molecule has 70 heavy (non-hydrogen) atoms. The molecule has 324 valence electrons. The Labute approximate surface area is 406 Å². The summed E-state index contributed by atoms with van der Waals surface area (Å²) in [5.74, 6) is 0. The van der Waals surface area contributed by atoms with Crippen LogP contribution < -0.4 is 4.90 Å². The van der Waals surface area contributed by atoms with Crippen molar-refractivity contribution in [2.24, 2.45) is 0 Å². The third-order valence-corrected chi connectivity index (χ3v) is 16.4. The van der Waals surface area contributed by atoms with E-state index in [-0.39, 0.29) is 0 Å². The molecule has 12 aromatic rings. The van der Waals surface area contributed by atoms with E-state index in [9.17, 15) is 0 Å². The van der Waals surface area contributed by atoms with Gasteiger partial charge in [-0.05, 0) is 126 Å². The van der Waals surface area contributed by atoms with Crippen molar-refractivity contribution in [1.82, 2.24) is 4.57 Å². The van der Waals surface area contributed by atoms with Crippen LogP contribution in [0, 0.1) is 0 Å². The summed E-state index contributed by atoms with van der Waals surface area (Å²) in [4.78, 5) is 2.54. The molecule has 0 fully saturated rings. The quantitative estimate of drug-likeness (QED) is 0.171. The molecule has 0 amide bonds. The summed E-state index contributed by atoms with van der Waals surface area (Å²) >= 11 is 0. The van der Waals surface area contributed by atoms with Crippen molar-refractivity contribution in [2.45, 2.75) is 10.8 Å². The van der Waals surface area contributed by atoms with Crippen LogP contribution in [0.25, 0.3) is 72.0 Å². The van der Waals surface area contributed by atoms with Gasteiger partial charge in [0.25, 0.3) is 0 Å². The Morgan fingerprint density at radius 1 is 0.286 bits per heavy atom. The molecule has 2 spiro atoms. The number of benzene rings is 11. The second-order valence-electron chi connectivity index (χ2n) is 19.4. The Morgan fingerprint density at radius 2 is 0.757 bits per heavy atom. The van der Waals surface area contributed by atoms with Gasteiger partial charge in [-0.15, -0.1) is 0 Å². The molecule has 1 aliphatic heterocycles. The maximum absolute atomic E-state index is 2.54. The van der Waals surface area contributed by atoms with Crippen molar-refractivity contribution in [3.05, 3.63) is 299 Å². The summed E-state index contributed by atoms with van der Waals surface area (Å²) in [5.41, 5.74) is 26.8. The number of hydrogen-bond donors (Lipinski definition) is 0. The molecule has 0 bridgehead atoms. The van der Waals surface area contributed by atoms with Crippen molar-refractivity contribution in [3.63, 3.8) is 0 Å². The lowest BCUT2D eigenvalue weighted by Gasteiger charge is -2.39. The van der Waals surface area contributed by atoms with Gasteiger partial charge in [-0.1, -0.05) is 212 Å². The van der Waals surface area contributed by atoms with Crippen molar-refractivity contribution in [2.75, 3.05) is 4.90 Å². The second-order valence-corrected chi connectivity index (χ2v) is 19.4. The first-order valence-corrected chi connectivity index (χ1v) is 24.5. The van der Waals surface area contributed by atoms with Gasteiger partial charge >= 0.3 is 0 Å². The summed E-state index contributed by atoms with van der Waals surface area (Å²) < 4.78 is 2.53. The minimum absolute atomic E-state index is 0.471. The summed E-state index contributed by atoms with van der Waals surface area (Å²) in [7, 11) is 0. The molecule has 1 atom stereocenters. The first-order valence-electron chi connectivity index (χ1n) is 24.5. The fraction of sp³-hybridized carbons (Fsp3) is 0.0294. The molecule has 0 saturated carbocycles. The van der Waals surface area contributed by atoms with Gasteiger partial charge in [-0.25, -0.2) is 0 Å². The van der Waals surface area contributed by atoms with Crippen LogP contribution in [0.5, 0.6) is 0 Å². The highest BCUT2D eigenvalue weighted by Crippen LogP contribution is 2.65. The minimum Gasteiger partial charge on any atom is -0.310 e. The maximum atomic E-state index is 2.54. The van der Waals surface area contributed by atoms with Crippen LogP contribution in [-0.2, 0) is 10.8 Å². The molecule has 1 aromatic heterocycles. The van der Waals surface area contributed by atoms with Crippen molar-refractivity contribution < 1.29 is 0 Å². The third kappa shape index (κ3) is 4.59. The second kappa shape index (κ2) is 13.8. The van der Waals surface area contributed by atoms with Crippen molar-refractivity contribution in [1.29, 1.82) is 0 Å². The Bertz CT molecular complexity index is 4150. The van der Waals surface area contributed by atoms with Gasteiger partial charge in [0.1, 0.15) is 0 Å². The smallest absolute Gasteiger partial charge is 0.0754 e. The highest BCUT2D eigenvalue weighted by atomic mass is 15.1. The summed E-state index contributed by atoms with van der Waals surface area (Å²) in [6.07, 6.45) is 0. The zero-order valence-corrected chi connectivity index (χ0v) is 38.1. The Morgan fingerprint density at radius 3 is 1.46 bits per heavy atom. The number of aromatic nitrogens is 1. The van der Waals surface area contributed by atoms with E-state index in [1.54, 1.807) is 0 Å². The molecule has 4 aliphatic rings. The normalized spacial score (nSPS) is 15.6. The van der Waals surface area contributed by atoms with E-state index in [0.717, 1.165) is 17.1 Å². The van der Waals surface area contributed by atoms with E-state index < -0.39 is 10.8 Å². The van der Waals surface area contributed by atoms with E-state index >= 15 is 0 Å². The number of rotatable bonds is 4. The van der Waals surface area contributed by atoms with E-state index in [0.29, 0.717) is 0 Å². The molecule has 16 rings (SSSR count). The summed E-state index contributed by atoms with van der Waals surface area (Å²) in [5, 5.41) is 2.57. The van der Waals surface area contributed by atoms with Gasteiger partial charge in [0, 0.05) is 27.7 Å². The van der Waals surface area contributed by atoms with Gasteiger partial charge in [-0.2, -0.15) is 0 Å². The monoisotopic (exact) mass is 886 g/mol. The molecule has 2 heteroatoms. The fourth-order valence-corrected chi connectivity index (χ4v) is 13.9. The van der Waals surface area contributed by atoms with Gasteiger partial charge in [0.15, 0.2) is 0 Å². The molecule has 3 aliphatic carbocycles. The molecular weight excluding hydrogens is 845 g/mol. The zero-order chi connectivity index (χ0) is 45.7. The number of nitrogens with zero attached hydrogens (tertiary/aromatic N) is 2. The average Bonchev–Trinajstić information content (AvgIpc) is 4.13. The van der Waals surface area contributed by atoms with Crippen LogP contribution in [0.1, 0.15) is 44.5 Å². The van der Waals surface area contributed by atoms with Gasteiger partial charge in [-0.3, -0.25) is 0 Å². The summed E-state index contributed by atoms with van der Waals surface area (Å²) in [6.45, 7) is 0. The Balaban J connectivity index is 0.979. The van der Waals surface area contributed by atoms with Crippen molar-refractivity contribution in [3.8, 4) is 50.2 Å². The molecule has 2 nitrogen and oxygen atoms in total. The Kier molecular flexibility index (Phi) is 7.51. The van der Waals surface area contributed by atoms with Crippen molar-refractivity contribution >= 4 is 38.9 Å². The first-order chi connectivity index (χ1) is 34.8. The molecule has 11 aromatic carbocycles. The Hall–Kier alpha value is -8.98. The maximum Gasteiger partial charge on any atom is 0.0754 e.